The van der Waals surface area contributed by atoms with Gasteiger partial charge in [0.2, 0.25) is 35.4 Å². The number of nitrogens with one attached hydrogen (secondary N) is 6. The van der Waals surface area contributed by atoms with E-state index in [0.29, 0.717) is 83.1 Å². The fourth-order valence-corrected chi connectivity index (χ4v) is 10.6. The molecule has 1 saturated carbocycles. The fourth-order valence-electron chi connectivity index (χ4n) is 10.6. The van der Waals surface area contributed by atoms with E-state index in [2.05, 4.69) is 31.9 Å². The van der Waals surface area contributed by atoms with Gasteiger partial charge in [-0.2, -0.15) is 0 Å². The summed E-state index contributed by atoms with van der Waals surface area (Å²) in [6.45, 7) is 1.45. The Kier molecular flexibility index (Phi) is 16.8. The van der Waals surface area contributed by atoms with Crippen LogP contribution in [0.15, 0.2) is 59.4 Å². The Bertz CT molecular complexity index is 3230. The molecule has 8 amide bonds. The summed E-state index contributed by atoms with van der Waals surface area (Å²) in [6.07, 6.45) is 5.96. The van der Waals surface area contributed by atoms with Crippen molar-refractivity contribution in [2.24, 2.45) is 5.92 Å². The molecule has 22 nitrogen and oxygen atoms in total. The molecule has 4 atom stereocenters. The molecule has 4 aromatic rings. The molecule has 5 heterocycles. The van der Waals surface area contributed by atoms with Crippen molar-refractivity contribution in [2.45, 2.75) is 121 Å². The van der Waals surface area contributed by atoms with E-state index in [0.717, 1.165) is 23.3 Å². The van der Waals surface area contributed by atoms with E-state index in [1.807, 2.05) is 0 Å². The van der Waals surface area contributed by atoms with Crippen LogP contribution in [0.5, 0.6) is 0 Å². The maximum atomic E-state index is 15.5. The molecule has 0 radical (unpaired) electrons. The van der Waals surface area contributed by atoms with Gasteiger partial charge in [0, 0.05) is 54.1 Å². The molecule has 2 aromatic carbocycles. The van der Waals surface area contributed by atoms with Crippen LogP contribution in [0.3, 0.4) is 0 Å². The van der Waals surface area contributed by atoms with Crippen LogP contribution in [0.1, 0.15) is 110 Å². The maximum Gasteiger partial charge on any atom is 0.343 e. The second kappa shape index (κ2) is 23.8. The standard InChI is InChI=1S/C56H62FN9O13/c1-3-56(77)36-22-41-51-34(27-66(41)54(75)35(36)28-78-55(56)76)50-38(16-15-33-30(2)37(57)23-39(63-51)49(33)50)64-53(74)42(21-32-13-14-32)79-29-61-45(69)25-60-52(73)40(20-31-10-6-4-7-11-31)62-46(70)26-59-44(68)24-58-43(67)12-8-5-9-19-65-47(71)17-18-48(65)72/h4,6-7,10-11,17-18,22-23,32,38,40,42,77H,3,5,8-9,12-16,19-21,24-29H2,1-2H3,(H,58,67)(H,59,68)(H,60,73)(H,61,69)(H,62,70)(H,64,74)/t38-,40-,42+,56-/m0/s1. The number of unbranched alkanes of at least 4 members (excludes halogenated alkanes) is 2. The van der Waals surface area contributed by atoms with E-state index >= 15 is 4.39 Å². The van der Waals surface area contributed by atoms with Crippen molar-refractivity contribution in [3.63, 3.8) is 0 Å². The number of hydrogen-bond donors (Lipinski definition) is 7. The van der Waals surface area contributed by atoms with Gasteiger partial charge in [0.05, 0.1) is 54.7 Å². The molecule has 3 aliphatic heterocycles. The third-order valence-corrected chi connectivity index (χ3v) is 15.2. The average molecular weight is 1090 g/mol. The zero-order chi connectivity index (χ0) is 56.1. The van der Waals surface area contributed by atoms with E-state index in [1.54, 1.807) is 50.2 Å². The quantitative estimate of drug-likeness (QED) is 0.0199. The molecular weight excluding hydrogens is 1030 g/mol. The first-order chi connectivity index (χ1) is 37.9. The van der Waals surface area contributed by atoms with E-state index in [1.165, 1.54) is 22.8 Å². The van der Waals surface area contributed by atoms with Crippen molar-refractivity contribution < 1.29 is 62.1 Å². The van der Waals surface area contributed by atoms with Crippen molar-refractivity contribution in [1.29, 1.82) is 0 Å². The number of imide groups is 1. The highest BCUT2D eigenvalue weighted by Crippen LogP contribution is 2.46. The first-order valence-electron chi connectivity index (χ1n) is 26.6. The molecule has 0 bridgehead atoms. The van der Waals surface area contributed by atoms with E-state index in [-0.39, 0.29) is 67.8 Å². The number of hydrogen-bond acceptors (Lipinski definition) is 14. The number of amides is 8. The van der Waals surface area contributed by atoms with Gasteiger partial charge in [-0.25, -0.2) is 14.2 Å². The van der Waals surface area contributed by atoms with Crippen LogP contribution in [0, 0.1) is 18.7 Å². The largest absolute Gasteiger partial charge is 0.458 e. The van der Waals surface area contributed by atoms with E-state index in [4.69, 9.17) is 14.5 Å². The van der Waals surface area contributed by atoms with Crippen LogP contribution in [-0.4, -0.2) is 118 Å². The third kappa shape index (κ3) is 12.3. The van der Waals surface area contributed by atoms with Gasteiger partial charge in [-0.3, -0.25) is 48.1 Å². The number of aryl methyl sites for hydroxylation is 1. The molecular formula is C56H62FN9O13. The highest BCUT2D eigenvalue weighted by molar-refractivity contribution is 6.12. The molecule has 79 heavy (non-hydrogen) atoms. The SMILES string of the molecule is CC[C@@]1(O)C(=O)OCc2c1cc1n(c2=O)Cc2c-1nc1cc(F)c(C)c3c1c2[C@@H](NC(=O)[C@@H](CC1CC1)OCNC(=O)CNC(=O)[C@H](Cc1ccccc1)NC(=O)CNC(=O)CNC(=O)CCCCCN1C(=O)C=CC1=O)CC3. The van der Waals surface area contributed by atoms with Gasteiger partial charge in [-0.1, -0.05) is 56.5 Å². The Morgan fingerprint density at radius 1 is 0.848 bits per heavy atom. The predicted octanol–water partition coefficient (Wildman–Crippen LogP) is 1.45. The molecule has 2 aliphatic carbocycles. The summed E-state index contributed by atoms with van der Waals surface area (Å²) in [5, 5.41) is 27.9. The smallest absolute Gasteiger partial charge is 0.343 e. The Morgan fingerprint density at radius 3 is 2.29 bits per heavy atom. The molecule has 2 aromatic heterocycles. The normalized spacial score (nSPS) is 18.5. The van der Waals surface area contributed by atoms with Crippen LogP contribution >= 0.6 is 0 Å². The first kappa shape index (κ1) is 55.6. The van der Waals surface area contributed by atoms with Gasteiger partial charge in [0.15, 0.2) is 5.60 Å². The van der Waals surface area contributed by atoms with Crippen LogP contribution in [0.4, 0.5) is 4.39 Å². The van der Waals surface area contributed by atoms with Crippen molar-refractivity contribution in [2.75, 3.05) is 32.9 Å². The Balaban J connectivity index is 0.785. The number of halogens is 1. The summed E-state index contributed by atoms with van der Waals surface area (Å²) < 4.78 is 28.3. The van der Waals surface area contributed by atoms with Crippen molar-refractivity contribution in [1.82, 2.24) is 46.4 Å². The van der Waals surface area contributed by atoms with Gasteiger partial charge in [0.1, 0.15) is 31.3 Å². The van der Waals surface area contributed by atoms with Gasteiger partial charge in [-0.05, 0) is 79.7 Å². The molecule has 5 aliphatic rings. The number of nitrogens with zero attached hydrogens (tertiary/aromatic N) is 3. The number of rotatable bonds is 24. The first-order valence-corrected chi connectivity index (χ1v) is 26.6. The third-order valence-electron chi connectivity index (χ3n) is 15.2. The number of aliphatic hydroxyl groups is 1. The zero-order valence-electron chi connectivity index (χ0n) is 43.8. The van der Waals surface area contributed by atoms with Gasteiger partial charge in [0.25, 0.3) is 17.4 Å². The summed E-state index contributed by atoms with van der Waals surface area (Å²) in [5.41, 5.74) is 1.96. The lowest BCUT2D eigenvalue weighted by atomic mass is 9.81. The lowest BCUT2D eigenvalue weighted by molar-refractivity contribution is -0.172. The van der Waals surface area contributed by atoms with Crippen LogP contribution < -0.4 is 37.5 Å². The van der Waals surface area contributed by atoms with Gasteiger partial charge < -0.3 is 51.0 Å². The second-order valence-corrected chi connectivity index (χ2v) is 20.5. The lowest BCUT2D eigenvalue weighted by Crippen LogP contribution is -2.52. The van der Waals surface area contributed by atoms with Gasteiger partial charge >= 0.3 is 5.97 Å². The van der Waals surface area contributed by atoms with Crippen molar-refractivity contribution >= 4 is 64.1 Å². The van der Waals surface area contributed by atoms with Crippen molar-refractivity contribution in [3.05, 3.63) is 110 Å². The minimum atomic E-state index is -2.06. The number of pyridine rings is 2. The van der Waals surface area contributed by atoms with Crippen LogP contribution in [0.25, 0.3) is 22.3 Å². The fraction of sp³-hybridized carbons (Fsp3) is 0.446. The summed E-state index contributed by atoms with van der Waals surface area (Å²) in [5.74, 6) is -5.43. The number of ether oxygens (including phenoxy) is 2. The molecule has 416 valence electrons. The zero-order valence-corrected chi connectivity index (χ0v) is 43.8. The topological polar surface area (TPSA) is 303 Å². The summed E-state index contributed by atoms with van der Waals surface area (Å²) in [6, 6.07) is 9.92. The molecule has 0 saturated heterocycles. The number of carbonyl (C=O) groups is 9. The summed E-state index contributed by atoms with van der Waals surface area (Å²) in [7, 11) is 0. The number of esters is 1. The predicted molar refractivity (Wildman–Crippen MR) is 279 cm³/mol. The maximum absolute atomic E-state index is 15.5. The highest BCUT2D eigenvalue weighted by atomic mass is 19.1. The second-order valence-electron chi connectivity index (χ2n) is 20.5. The molecule has 9 rings (SSSR count). The number of carbonyl (C=O) groups excluding carboxylic acids is 9. The summed E-state index contributed by atoms with van der Waals surface area (Å²) in [4.78, 5) is 135. The molecule has 0 unspecified atom stereocenters. The minimum Gasteiger partial charge on any atom is -0.458 e. The number of aromatic nitrogens is 2. The van der Waals surface area contributed by atoms with E-state index in [9.17, 15) is 53.1 Å². The lowest BCUT2D eigenvalue weighted by Gasteiger charge is -2.31. The van der Waals surface area contributed by atoms with Crippen molar-refractivity contribution in [3.8, 4) is 11.4 Å². The monoisotopic (exact) mass is 1090 g/mol. The molecule has 0 spiro atoms. The average Bonchev–Trinajstić information content (AvgIpc) is 3.66. The Hall–Kier alpha value is -8.18. The highest BCUT2D eigenvalue weighted by Gasteiger charge is 2.46. The van der Waals surface area contributed by atoms with E-state index < -0.39 is 103 Å². The Morgan fingerprint density at radius 2 is 1.56 bits per heavy atom. The molecule has 23 heteroatoms. The van der Waals surface area contributed by atoms with Crippen LogP contribution in [0.2, 0.25) is 0 Å². The summed E-state index contributed by atoms with van der Waals surface area (Å²) >= 11 is 0. The van der Waals surface area contributed by atoms with Crippen LogP contribution in [-0.2, 0) is 84.2 Å². The number of cyclic esters (lactones) is 1. The van der Waals surface area contributed by atoms with Gasteiger partial charge in [-0.15, -0.1) is 0 Å². The minimum absolute atomic E-state index is 0.0394. The number of fused-ring (bicyclic) bond motifs is 5. The molecule has 7 N–H and O–H groups in total. The number of benzene rings is 2. The Labute approximate surface area is 452 Å². The molecule has 1 fully saturated rings.